The van der Waals surface area contributed by atoms with Crippen molar-refractivity contribution in [2.45, 2.75) is 31.8 Å². The average Bonchev–Trinajstić information content (AvgIpc) is 3.16. The summed E-state index contributed by atoms with van der Waals surface area (Å²) < 4.78 is 5.45. The summed E-state index contributed by atoms with van der Waals surface area (Å²) in [5.41, 5.74) is 1.15. The van der Waals surface area contributed by atoms with Crippen LogP contribution in [-0.4, -0.2) is 42.5 Å². The first-order valence-corrected chi connectivity index (χ1v) is 8.39. The predicted octanol–water partition coefficient (Wildman–Crippen LogP) is 1.91. The van der Waals surface area contributed by atoms with E-state index in [-0.39, 0.29) is 23.8 Å². The van der Waals surface area contributed by atoms with Crippen molar-refractivity contribution < 1.29 is 14.3 Å². The number of piperidine rings is 1. The van der Waals surface area contributed by atoms with E-state index in [0.29, 0.717) is 43.8 Å². The van der Waals surface area contributed by atoms with Crippen LogP contribution < -0.4 is 5.32 Å². The van der Waals surface area contributed by atoms with E-state index in [1.807, 2.05) is 4.90 Å². The first-order chi connectivity index (χ1) is 11.7. The van der Waals surface area contributed by atoms with E-state index in [4.69, 9.17) is 10.00 Å². The maximum Gasteiger partial charge on any atom is 0.251 e. The van der Waals surface area contributed by atoms with Gasteiger partial charge >= 0.3 is 0 Å². The number of nitriles is 1. The predicted molar refractivity (Wildman–Crippen MR) is 88.1 cm³/mol. The molecule has 2 saturated heterocycles. The van der Waals surface area contributed by atoms with Gasteiger partial charge in [0.2, 0.25) is 5.91 Å². The Morgan fingerprint density at radius 1 is 1.25 bits per heavy atom. The van der Waals surface area contributed by atoms with Crippen LogP contribution in [0.25, 0.3) is 0 Å². The lowest BCUT2D eigenvalue weighted by Crippen LogP contribution is -2.45. The molecule has 126 valence electrons. The Morgan fingerprint density at radius 2 is 2.04 bits per heavy atom. The van der Waals surface area contributed by atoms with Gasteiger partial charge in [-0.05, 0) is 43.9 Å². The van der Waals surface area contributed by atoms with Gasteiger partial charge in [-0.1, -0.05) is 6.07 Å². The number of rotatable bonds is 3. The third-order valence-electron chi connectivity index (χ3n) is 4.64. The van der Waals surface area contributed by atoms with Gasteiger partial charge in [0.05, 0.1) is 11.6 Å². The van der Waals surface area contributed by atoms with E-state index in [1.165, 1.54) is 0 Å². The SMILES string of the molecule is N#Cc1cccc(NC(=O)C2CCN(C(=O)C3CCCO3)CC2)c1. The lowest BCUT2D eigenvalue weighted by molar-refractivity contribution is -0.143. The highest BCUT2D eigenvalue weighted by Gasteiger charge is 2.32. The van der Waals surface area contributed by atoms with Crippen LogP contribution in [0.1, 0.15) is 31.2 Å². The minimum atomic E-state index is -0.288. The quantitative estimate of drug-likeness (QED) is 0.919. The van der Waals surface area contributed by atoms with Gasteiger partial charge in [0.25, 0.3) is 5.91 Å². The first kappa shape index (κ1) is 16.5. The molecule has 3 rings (SSSR count). The van der Waals surface area contributed by atoms with Crippen molar-refractivity contribution in [3.8, 4) is 6.07 Å². The summed E-state index contributed by atoms with van der Waals surface area (Å²) in [6.45, 7) is 1.85. The summed E-state index contributed by atoms with van der Waals surface area (Å²) in [4.78, 5) is 26.5. The zero-order valence-electron chi connectivity index (χ0n) is 13.5. The number of ether oxygens (including phenoxy) is 1. The van der Waals surface area contributed by atoms with Crippen LogP contribution in [0, 0.1) is 17.2 Å². The van der Waals surface area contributed by atoms with Gasteiger partial charge in [-0.25, -0.2) is 0 Å². The molecule has 0 aliphatic carbocycles. The molecule has 6 heteroatoms. The molecule has 2 heterocycles. The van der Waals surface area contributed by atoms with Crippen LogP contribution in [0.2, 0.25) is 0 Å². The molecule has 1 unspecified atom stereocenters. The summed E-state index contributed by atoms with van der Waals surface area (Å²) >= 11 is 0. The number of hydrogen-bond acceptors (Lipinski definition) is 4. The Bertz CT molecular complexity index is 654. The van der Waals surface area contributed by atoms with E-state index in [9.17, 15) is 9.59 Å². The molecular formula is C18H21N3O3. The Balaban J connectivity index is 1.51. The average molecular weight is 327 g/mol. The van der Waals surface area contributed by atoms with Gasteiger partial charge < -0.3 is 15.0 Å². The largest absolute Gasteiger partial charge is 0.368 e. The van der Waals surface area contributed by atoms with Gasteiger partial charge in [0.1, 0.15) is 6.10 Å². The summed E-state index contributed by atoms with van der Waals surface area (Å²) in [6, 6.07) is 8.94. The van der Waals surface area contributed by atoms with E-state index in [2.05, 4.69) is 11.4 Å². The van der Waals surface area contributed by atoms with Gasteiger partial charge in [-0.2, -0.15) is 5.26 Å². The molecule has 2 aliphatic rings. The molecule has 1 N–H and O–H groups in total. The van der Waals surface area contributed by atoms with Crippen molar-refractivity contribution in [1.82, 2.24) is 4.90 Å². The molecule has 0 spiro atoms. The number of benzene rings is 1. The molecule has 0 bridgehead atoms. The molecule has 2 aliphatic heterocycles. The van der Waals surface area contributed by atoms with Crippen LogP contribution in [0.4, 0.5) is 5.69 Å². The number of carbonyl (C=O) groups excluding carboxylic acids is 2. The Labute approximate surface area is 141 Å². The summed E-state index contributed by atoms with van der Waals surface area (Å²) in [5.74, 6) is -0.0910. The second-order valence-electron chi connectivity index (χ2n) is 6.28. The molecule has 0 aromatic heterocycles. The zero-order valence-corrected chi connectivity index (χ0v) is 13.5. The van der Waals surface area contributed by atoms with Gasteiger partial charge in [0.15, 0.2) is 0 Å². The molecule has 1 aromatic rings. The monoisotopic (exact) mass is 327 g/mol. The molecule has 6 nitrogen and oxygen atoms in total. The summed E-state index contributed by atoms with van der Waals surface area (Å²) in [5, 5.41) is 11.8. The minimum absolute atomic E-state index is 0.0469. The molecule has 2 amide bonds. The standard InChI is InChI=1S/C18H21N3O3/c19-12-13-3-1-4-15(11-13)20-17(22)14-6-8-21(9-7-14)18(23)16-5-2-10-24-16/h1,3-4,11,14,16H,2,5-10H2,(H,20,22). The van der Waals surface area contributed by atoms with Crippen molar-refractivity contribution in [2.24, 2.45) is 5.92 Å². The van der Waals surface area contributed by atoms with Crippen LogP contribution in [0.3, 0.4) is 0 Å². The van der Waals surface area contributed by atoms with E-state index >= 15 is 0 Å². The normalized spacial score (nSPS) is 21.3. The number of likely N-dealkylation sites (tertiary alicyclic amines) is 1. The highest BCUT2D eigenvalue weighted by atomic mass is 16.5. The summed E-state index contributed by atoms with van der Waals surface area (Å²) in [7, 11) is 0. The number of hydrogen-bond donors (Lipinski definition) is 1. The molecule has 1 atom stereocenters. The van der Waals surface area contributed by atoms with Gasteiger partial charge in [-0.3, -0.25) is 9.59 Å². The van der Waals surface area contributed by atoms with Crippen molar-refractivity contribution >= 4 is 17.5 Å². The molecule has 2 fully saturated rings. The third-order valence-corrected chi connectivity index (χ3v) is 4.64. The zero-order chi connectivity index (χ0) is 16.9. The minimum Gasteiger partial charge on any atom is -0.368 e. The van der Waals surface area contributed by atoms with Crippen LogP contribution >= 0.6 is 0 Å². The number of nitrogens with one attached hydrogen (secondary N) is 1. The molecule has 0 saturated carbocycles. The van der Waals surface area contributed by atoms with E-state index < -0.39 is 0 Å². The van der Waals surface area contributed by atoms with Crippen molar-refractivity contribution in [3.63, 3.8) is 0 Å². The molecular weight excluding hydrogens is 306 g/mol. The number of carbonyl (C=O) groups is 2. The number of amides is 2. The molecule has 24 heavy (non-hydrogen) atoms. The topological polar surface area (TPSA) is 82.4 Å². The van der Waals surface area contributed by atoms with Gasteiger partial charge in [-0.15, -0.1) is 0 Å². The fourth-order valence-electron chi connectivity index (χ4n) is 3.25. The molecule has 0 radical (unpaired) electrons. The second kappa shape index (κ2) is 7.45. The van der Waals surface area contributed by atoms with Crippen LogP contribution in [0.15, 0.2) is 24.3 Å². The highest BCUT2D eigenvalue weighted by molar-refractivity contribution is 5.93. The lowest BCUT2D eigenvalue weighted by Gasteiger charge is -2.32. The lowest BCUT2D eigenvalue weighted by atomic mass is 9.95. The van der Waals surface area contributed by atoms with Crippen LogP contribution in [0.5, 0.6) is 0 Å². The second-order valence-corrected chi connectivity index (χ2v) is 6.28. The number of nitrogens with zero attached hydrogens (tertiary/aromatic N) is 2. The smallest absolute Gasteiger partial charge is 0.251 e. The maximum absolute atomic E-state index is 12.4. The van der Waals surface area contributed by atoms with Crippen molar-refractivity contribution in [2.75, 3.05) is 25.0 Å². The molecule has 1 aromatic carbocycles. The summed E-state index contributed by atoms with van der Waals surface area (Å²) in [6.07, 6.45) is 2.76. The van der Waals surface area contributed by atoms with E-state index in [1.54, 1.807) is 24.3 Å². The van der Waals surface area contributed by atoms with Crippen molar-refractivity contribution in [1.29, 1.82) is 5.26 Å². The van der Waals surface area contributed by atoms with Crippen LogP contribution in [-0.2, 0) is 14.3 Å². The Morgan fingerprint density at radius 3 is 2.71 bits per heavy atom. The Hall–Kier alpha value is -2.39. The third kappa shape index (κ3) is 3.74. The number of anilines is 1. The van der Waals surface area contributed by atoms with Crippen molar-refractivity contribution in [3.05, 3.63) is 29.8 Å². The Kier molecular flexibility index (Phi) is 5.11. The fourth-order valence-corrected chi connectivity index (χ4v) is 3.25. The highest BCUT2D eigenvalue weighted by Crippen LogP contribution is 2.22. The maximum atomic E-state index is 12.4. The fraction of sp³-hybridized carbons (Fsp3) is 0.500. The van der Waals surface area contributed by atoms with Gasteiger partial charge in [0, 0.05) is 31.3 Å². The first-order valence-electron chi connectivity index (χ1n) is 8.39. The van der Waals surface area contributed by atoms with E-state index in [0.717, 1.165) is 12.8 Å².